The van der Waals surface area contributed by atoms with Gasteiger partial charge in [0, 0.05) is 17.9 Å². The van der Waals surface area contributed by atoms with Crippen LogP contribution in [0.25, 0.3) is 0 Å². The maximum absolute atomic E-state index is 11.2. The lowest BCUT2D eigenvalue weighted by atomic mass is 9.57. The fourth-order valence-corrected chi connectivity index (χ4v) is 4.29. The zero-order valence-electron chi connectivity index (χ0n) is 13.1. The number of hydrogen-bond acceptors (Lipinski definition) is 2. The Morgan fingerprint density at radius 3 is 2.57 bits per heavy atom. The van der Waals surface area contributed by atoms with E-state index >= 15 is 0 Å². The van der Waals surface area contributed by atoms with Crippen molar-refractivity contribution in [2.75, 3.05) is 0 Å². The van der Waals surface area contributed by atoms with Crippen molar-refractivity contribution < 1.29 is 15.0 Å². The van der Waals surface area contributed by atoms with E-state index < -0.39 is 11.6 Å². The lowest BCUT2D eigenvalue weighted by Crippen LogP contribution is -2.52. The van der Waals surface area contributed by atoms with Crippen LogP contribution in [0.15, 0.2) is 36.5 Å². The summed E-state index contributed by atoms with van der Waals surface area (Å²) in [4.78, 5) is 10.5. The van der Waals surface area contributed by atoms with Crippen LogP contribution in [-0.4, -0.2) is 21.8 Å². The Balaban J connectivity index is 2.26. The molecule has 3 nitrogen and oxygen atoms in total. The average Bonchev–Trinajstić information content (AvgIpc) is 2.38. The summed E-state index contributed by atoms with van der Waals surface area (Å²) >= 11 is 0. The maximum atomic E-state index is 11.2. The lowest BCUT2D eigenvalue weighted by Gasteiger charge is -2.51. The summed E-state index contributed by atoms with van der Waals surface area (Å²) in [6.07, 6.45) is 12.7. The molecule has 0 aromatic rings. The second kappa shape index (κ2) is 6.18. The number of carboxylic acid groups (broad SMARTS) is 1. The summed E-state index contributed by atoms with van der Waals surface area (Å²) in [5, 5.41) is 19.9. The van der Waals surface area contributed by atoms with Crippen LogP contribution in [0.4, 0.5) is 0 Å². The summed E-state index contributed by atoms with van der Waals surface area (Å²) in [5.74, 6) is 0.856. The van der Waals surface area contributed by atoms with E-state index in [1.54, 1.807) is 12.2 Å². The van der Waals surface area contributed by atoms with Crippen molar-refractivity contribution >= 4 is 5.97 Å². The molecular weight excluding hydrogens is 264 g/mol. The summed E-state index contributed by atoms with van der Waals surface area (Å²) < 4.78 is 0. The van der Waals surface area contributed by atoms with Gasteiger partial charge in [-0.25, -0.2) is 4.79 Å². The minimum Gasteiger partial charge on any atom is -0.478 e. The van der Waals surface area contributed by atoms with Gasteiger partial charge in [-0.15, -0.1) is 0 Å². The predicted molar refractivity (Wildman–Crippen MR) is 83.7 cm³/mol. The second-order valence-electron chi connectivity index (χ2n) is 6.86. The Morgan fingerprint density at radius 1 is 1.19 bits per heavy atom. The van der Waals surface area contributed by atoms with Gasteiger partial charge < -0.3 is 10.2 Å². The highest BCUT2D eigenvalue weighted by Gasteiger charge is 2.49. The van der Waals surface area contributed by atoms with E-state index in [1.807, 2.05) is 6.92 Å². The molecule has 0 bridgehead atoms. The molecule has 0 saturated heterocycles. The first-order chi connectivity index (χ1) is 9.84. The molecule has 2 aliphatic rings. The first-order valence-corrected chi connectivity index (χ1v) is 7.84. The van der Waals surface area contributed by atoms with E-state index in [0.717, 1.165) is 18.9 Å². The van der Waals surface area contributed by atoms with Crippen molar-refractivity contribution in [3.05, 3.63) is 36.5 Å². The molecule has 0 spiro atoms. The molecule has 0 amide bonds. The van der Waals surface area contributed by atoms with Gasteiger partial charge in [0.05, 0.1) is 5.60 Å². The fraction of sp³-hybridized carbons (Fsp3) is 0.611. The van der Waals surface area contributed by atoms with Crippen LogP contribution in [0, 0.1) is 29.6 Å². The quantitative estimate of drug-likeness (QED) is 0.476. The minimum atomic E-state index is -0.971. The molecule has 0 aromatic heterocycles. The fourth-order valence-electron chi connectivity index (χ4n) is 4.29. The molecule has 0 aliphatic heterocycles. The number of fused-ring (bicyclic) bond motifs is 1. The van der Waals surface area contributed by atoms with Gasteiger partial charge in [-0.2, -0.15) is 0 Å². The standard InChI is InChI=1S/C18H26O3/c1-12-10-13(2)17-15(11-12)8-7-14(3)18(17,21)9-5-4-6-16(19)20/h4-9,12-15,17,21H,10-11H2,1-3H3,(H,19,20). The van der Waals surface area contributed by atoms with Crippen LogP contribution >= 0.6 is 0 Å². The van der Waals surface area contributed by atoms with Gasteiger partial charge in [-0.05, 0) is 30.6 Å². The van der Waals surface area contributed by atoms with Crippen molar-refractivity contribution in [1.82, 2.24) is 0 Å². The molecule has 6 unspecified atom stereocenters. The Hall–Kier alpha value is -1.35. The average molecular weight is 290 g/mol. The first kappa shape index (κ1) is 16.0. The molecule has 0 radical (unpaired) electrons. The van der Waals surface area contributed by atoms with Gasteiger partial charge in [0.25, 0.3) is 0 Å². The summed E-state index contributed by atoms with van der Waals surface area (Å²) in [7, 11) is 0. The summed E-state index contributed by atoms with van der Waals surface area (Å²) in [6.45, 7) is 6.54. The highest BCUT2D eigenvalue weighted by atomic mass is 16.4. The minimum absolute atomic E-state index is 0.0454. The predicted octanol–water partition coefficient (Wildman–Crippen LogP) is 3.42. The number of aliphatic carboxylic acids is 1. The van der Waals surface area contributed by atoms with Gasteiger partial charge in [0.2, 0.25) is 0 Å². The third-order valence-corrected chi connectivity index (χ3v) is 5.15. The number of carbonyl (C=O) groups is 1. The van der Waals surface area contributed by atoms with Crippen LogP contribution in [0.3, 0.4) is 0 Å². The Labute approximate surface area is 127 Å². The maximum Gasteiger partial charge on any atom is 0.328 e. The highest BCUT2D eigenvalue weighted by molar-refractivity contribution is 5.80. The molecule has 2 N–H and O–H groups in total. The molecule has 0 heterocycles. The number of carboxylic acids is 1. The number of hydrogen-bond donors (Lipinski definition) is 2. The lowest BCUT2D eigenvalue weighted by molar-refractivity contribution is -0.131. The van der Waals surface area contributed by atoms with Gasteiger partial charge >= 0.3 is 5.97 Å². The molecule has 2 rings (SSSR count). The highest BCUT2D eigenvalue weighted by Crippen LogP contribution is 2.50. The molecule has 6 atom stereocenters. The molecule has 0 aromatic carbocycles. The summed E-state index contributed by atoms with van der Waals surface area (Å²) in [5.41, 5.74) is -0.887. The van der Waals surface area contributed by atoms with Crippen molar-refractivity contribution in [1.29, 1.82) is 0 Å². The summed E-state index contributed by atoms with van der Waals surface area (Å²) in [6, 6.07) is 0. The van der Waals surface area contributed by atoms with Crippen LogP contribution < -0.4 is 0 Å². The zero-order chi connectivity index (χ0) is 15.6. The van der Waals surface area contributed by atoms with E-state index in [0.29, 0.717) is 17.8 Å². The molecular formula is C18H26O3. The third-order valence-electron chi connectivity index (χ3n) is 5.15. The van der Waals surface area contributed by atoms with Crippen molar-refractivity contribution in [3.8, 4) is 0 Å². The first-order valence-electron chi connectivity index (χ1n) is 7.84. The van der Waals surface area contributed by atoms with Crippen LogP contribution in [0.1, 0.15) is 33.6 Å². The van der Waals surface area contributed by atoms with Crippen molar-refractivity contribution in [2.45, 2.75) is 39.2 Å². The van der Waals surface area contributed by atoms with Gasteiger partial charge in [-0.3, -0.25) is 0 Å². The normalized spacial score (nSPS) is 43.3. The third kappa shape index (κ3) is 3.29. The van der Waals surface area contributed by atoms with E-state index in [-0.39, 0.29) is 11.8 Å². The van der Waals surface area contributed by atoms with E-state index in [4.69, 9.17) is 5.11 Å². The number of aliphatic hydroxyl groups is 1. The van der Waals surface area contributed by atoms with Crippen LogP contribution in [-0.2, 0) is 4.79 Å². The number of rotatable bonds is 3. The van der Waals surface area contributed by atoms with Gasteiger partial charge in [-0.1, -0.05) is 51.2 Å². The topological polar surface area (TPSA) is 57.5 Å². The Morgan fingerprint density at radius 2 is 1.90 bits per heavy atom. The van der Waals surface area contributed by atoms with E-state index in [2.05, 4.69) is 26.0 Å². The van der Waals surface area contributed by atoms with Gasteiger partial charge in [0.1, 0.15) is 0 Å². The zero-order valence-corrected chi connectivity index (χ0v) is 13.1. The van der Waals surface area contributed by atoms with Crippen LogP contribution in [0.2, 0.25) is 0 Å². The Bertz CT molecular complexity index is 477. The second-order valence-corrected chi connectivity index (χ2v) is 6.86. The smallest absolute Gasteiger partial charge is 0.328 e. The van der Waals surface area contributed by atoms with Crippen molar-refractivity contribution in [2.24, 2.45) is 29.6 Å². The molecule has 3 heteroatoms. The largest absolute Gasteiger partial charge is 0.478 e. The SMILES string of the molecule is CC1CC(C)C2C(C=CC(C)C2(O)C=CC=CC(=O)O)C1. The molecule has 2 aliphatic carbocycles. The van der Waals surface area contributed by atoms with Crippen molar-refractivity contribution in [3.63, 3.8) is 0 Å². The number of allylic oxidation sites excluding steroid dienone is 3. The molecule has 21 heavy (non-hydrogen) atoms. The Kier molecular flexibility index (Phi) is 4.72. The molecule has 1 saturated carbocycles. The van der Waals surface area contributed by atoms with E-state index in [9.17, 15) is 9.90 Å². The molecule has 1 fully saturated rings. The monoisotopic (exact) mass is 290 g/mol. The van der Waals surface area contributed by atoms with E-state index in [1.165, 1.54) is 6.08 Å². The van der Waals surface area contributed by atoms with Gasteiger partial charge in [0.15, 0.2) is 0 Å². The van der Waals surface area contributed by atoms with Crippen LogP contribution in [0.5, 0.6) is 0 Å². The molecule has 116 valence electrons.